The molecule has 1 aliphatic rings. The topological polar surface area (TPSA) is 29.5 Å². The van der Waals surface area contributed by atoms with Gasteiger partial charge in [-0.05, 0) is 35.8 Å². The Morgan fingerprint density at radius 2 is 1.71 bits per heavy atom. The molecule has 1 fully saturated rings. The van der Waals surface area contributed by atoms with Gasteiger partial charge in [-0.1, -0.05) is 39.8 Å². The first-order valence-electron chi connectivity index (χ1n) is 7.59. The van der Waals surface area contributed by atoms with Crippen LogP contribution in [0.1, 0.15) is 41.5 Å². The van der Waals surface area contributed by atoms with Gasteiger partial charge in [0, 0.05) is 13.0 Å². The molecule has 21 heavy (non-hydrogen) atoms. The van der Waals surface area contributed by atoms with E-state index in [1.807, 2.05) is 29.2 Å². The second-order valence-electron chi connectivity index (χ2n) is 7.22. The molecule has 0 unspecified atom stereocenters. The third kappa shape index (κ3) is 2.33. The van der Waals surface area contributed by atoms with Crippen molar-refractivity contribution in [1.29, 1.82) is 0 Å². The van der Waals surface area contributed by atoms with Crippen molar-refractivity contribution in [2.24, 2.45) is 16.7 Å². The zero-order chi connectivity index (χ0) is 16.0. The zero-order valence-electron chi connectivity index (χ0n) is 14.2. The number of hydrogen-bond donors (Lipinski definition) is 0. The molecule has 1 atom stereocenters. The summed E-state index contributed by atoms with van der Waals surface area (Å²) in [5.41, 5.74) is 1.34. The summed E-state index contributed by atoms with van der Waals surface area (Å²) in [6, 6.07) is 7.88. The van der Waals surface area contributed by atoms with Crippen LogP contribution in [0.3, 0.4) is 0 Å². The second-order valence-corrected chi connectivity index (χ2v) is 7.22. The number of anilines is 1. The Morgan fingerprint density at radius 1 is 1.19 bits per heavy atom. The van der Waals surface area contributed by atoms with Crippen LogP contribution >= 0.6 is 0 Å². The summed E-state index contributed by atoms with van der Waals surface area (Å²) >= 11 is 0. The first-order chi connectivity index (χ1) is 9.66. The normalized spacial score (nSPS) is 20.7. The molecule has 0 saturated heterocycles. The van der Waals surface area contributed by atoms with E-state index in [-0.39, 0.29) is 22.8 Å². The van der Waals surface area contributed by atoms with Crippen molar-refractivity contribution in [3.05, 3.63) is 24.3 Å². The fourth-order valence-electron chi connectivity index (χ4n) is 4.11. The molecule has 0 heterocycles. The number of carbonyl (C=O) groups is 1. The lowest BCUT2D eigenvalue weighted by atomic mass is 10.0. The van der Waals surface area contributed by atoms with Crippen molar-refractivity contribution in [1.82, 2.24) is 0 Å². The predicted molar refractivity (Wildman–Crippen MR) is 86.7 cm³/mol. The average molecular weight is 289 g/mol. The molecule has 0 spiro atoms. The van der Waals surface area contributed by atoms with Crippen LogP contribution in [-0.4, -0.2) is 19.1 Å². The van der Waals surface area contributed by atoms with E-state index >= 15 is 0 Å². The van der Waals surface area contributed by atoms with Gasteiger partial charge < -0.3 is 9.64 Å². The number of para-hydroxylation sites is 2. The number of hydrogen-bond acceptors (Lipinski definition) is 2. The maximum Gasteiger partial charge on any atom is 0.224 e. The van der Waals surface area contributed by atoms with E-state index in [4.69, 9.17) is 4.74 Å². The number of amides is 1. The first-order valence-corrected chi connectivity index (χ1v) is 7.59. The molecule has 0 bridgehead atoms. The number of methoxy groups -OCH3 is 1. The second kappa shape index (κ2) is 5.04. The summed E-state index contributed by atoms with van der Waals surface area (Å²) in [6.45, 7) is 12.9. The molecule has 0 radical (unpaired) electrons. The van der Waals surface area contributed by atoms with E-state index in [0.717, 1.165) is 11.4 Å². The number of rotatable bonds is 4. The molecular weight excluding hydrogens is 262 g/mol. The summed E-state index contributed by atoms with van der Waals surface area (Å²) in [4.78, 5) is 14.2. The number of benzene rings is 1. The number of nitrogens with zero attached hydrogens (tertiary/aromatic N) is 1. The molecule has 116 valence electrons. The maximum atomic E-state index is 12.3. The highest BCUT2D eigenvalue weighted by molar-refractivity contribution is 5.93. The van der Waals surface area contributed by atoms with Gasteiger partial charge in [-0.2, -0.15) is 0 Å². The van der Waals surface area contributed by atoms with E-state index in [2.05, 4.69) is 34.6 Å². The molecule has 0 aromatic heterocycles. The van der Waals surface area contributed by atoms with Gasteiger partial charge in [-0.15, -0.1) is 0 Å². The van der Waals surface area contributed by atoms with Crippen LogP contribution in [0.15, 0.2) is 24.3 Å². The molecular formula is C18H27NO2. The lowest BCUT2D eigenvalue weighted by Gasteiger charge is -2.31. The predicted octanol–water partition coefficient (Wildman–Crippen LogP) is 4.12. The lowest BCUT2D eigenvalue weighted by molar-refractivity contribution is -0.117. The Labute approximate surface area is 128 Å². The van der Waals surface area contributed by atoms with E-state index in [1.54, 1.807) is 14.0 Å². The molecule has 1 amide bonds. The van der Waals surface area contributed by atoms with Crippen LogP contribution in [0.4, 0.5) is 5.69 Å². The monoisotopic (exact) mass is 289 g/mol. The minimum atomic E-state index is 0.0606. The van der Waals surface area contributed by atoms with Crippen LogP contribution in [0, 0.1) is 16.7 Å². The Kier molecular flexibility index (Phi) is 3.81. The van der Waals surface area contributed by atoms with Crippen molar-refractivity contribution < 1.29 is 9.53 Å². The van der Waals surface area contributed by atoms with Gasteiger partial charge in [-0.25, -0.2) is 0 Å². The van der Waals surface area contributed by atoms with Gasteiger partial charge in [0.1, 0.15) is 5.75 Å². The van der Waals surface area contributed by atoms with Crippen LogP contribution < -0.4 is 9.64 Å². The minimum absolute atomic E-state index is 0.0606. The Hall–Kier alpha value is -1.51. The van der Waals surface area contributed by atoms with Gasteiger partial charge in [0.15, 0.2) is 0 Å². The molecule has 0 aliphatic heterocycles. The lowest BCUT2D eigenvalue weighted by Crippen LogP contribution is -2.40. The molecule has 2 rings (SSSR count). The SMILES string of the molecule is COc1ccccc1N(C(C)=O)[C@@H](C)C1C(C)(C)C1(C)C. The van der Waals surface area contributed by atoms with Crippen molar-refractivity contribution in [2.45, 2.75) is 47.6 Å². The summed E-state index contributed by atoms with van der Waals surface area (Å²) < 4.78 is 5.44. The van der Waals surface area contributed by atoms with E-state index < -0.39 is 0 Å². The Morgan fingerprint density at radius 3 is 2.14 bits per heavy atom. The van der Waals surface area contributed by atoms with Gasteiger partial charge in [0.05, 0.1) is 12.8 Å². The highest BCUT2D eigenvalue weighted by Crippen LogP contribution is 2.70. The molecule has 3 nitrogen and oxygen atoms in total. The van der Waals surface area contributed by atoms with Crippen LogP contribution in [0.2, 0.25) is 0 Å². The Bertz CT molecular complexity index is 534. The maximum absolute atomic E-state index is 12.3. The van der Waals surface area contributed by atoms with Gasteiger partial charge in [-0.3, -0.25) is 4.79 Å². The molecule has 1 aromatic rings. The summed E-state index contributed by atoms with van der Waals surface area (Å²) in [7, 11) is 1.65. The van der Waals surface area contributed by atoms with Crippen molar-refractivity contribution in [3.8, 4) is 5.75 Å². The van der Waals surface area contributed by atoms with Crippen LogP contribution in [0.25, 0.3) is 0 Å². The van der Waals surface area contributed by atoms with Crippen LogP contribution in [0.5, 0.6) is 5.75 Å². The van der Waals surface area contributed by atoms with E-state index in [0.29, 0.717) is 5.92 Å². The average Bonchev–Trinajstić information content (AvgIpc) is 2.79. The van der Waals surface area contributed by atoms with Crippen molar-refractivity contribution >= 4 is 11.6 Å². The molecule has 1 saturated carbocycles. The quantitative estimate of drug-likeness (QED) is 0.834. The van der Waals surface area contributed by atoms with E-state index in [9.17, 15) is 4.79 Å². The third-order valence-corrected chi connectivity index (χ3v) is 5.71. The smallest absolute Gasteiger partial charge is 0.224 e. The third-order valence-electron chi connectivity index (χ3n) is 5.71. The molecule has 3 heteroatoms. The fraction of sp³-hybridized carbons (Fsp3) is 0.611. The zero-order valence-corrected chi connectivity index (χ0v) is 14.2. The van der Waals surface area contributed by atoms with E-state index in [1.165, 1.54) is 0 Å². The van der Waals surface area contributed by atoms with Gasteiger partial charge >= 0.3 is 0 Å². The highest BCUT2D eigenvalue weighted by atomic mass is 16.5. The standard InChI is InChI=1S/C18H27NO2/c1-12(16-17(3,4)18(16,5)6)19(13(2)20)14-10-8-9-11-15(14)21-7/h8-12,16H,1-7H3/t12-/m0/s1. The van der Waals surface area contributed by atoms with Gasteiger partial charge in [0.25, 0.3) is 0 Å². The largest absolute Gasteiger partial charge is 0.495 e. The highest BCUT2D eigenvalue weighted by Gasteiger charge is 2.67. The number of carbonyl (C=O) groups excluding carboxylic acids is 1. The minimum Gasteiger partial charge on any atom is -0.495 e. The molecule has 0 N–H and O–H groups in total. The summed E-state index contributed by atoms with van der Waals surface area (Å²) in [5.74, 6) is 1.28. The molecule has 1 aromatic carbocycles. The summed E-state index contributed by atoms with van der Waals surface area (Å²) in [6.07, 6.45) is 0. The fourth-order valence-corrected chi connectivity index (χ4v) is 4.11. The Balaban J connectivity index is 2.40. The molecule has 1 aliphatic carbocycles. The van der Waals surface area contributed by atoms with Gasteiger partial charge in [0.2, 0.25) is 5.91 Å². The first kappa shape index (κ1) is 15.9. The number of ether oxygens (including phenoxy) is 1. The van der Waals surface area contributed by atoms with Crippen molar-refractivity contribution in [2.75, 3.05) is 12.0 Å². The van der Waals surface area contributed by atoms with Crippen LogP contribution in [-0.2, 0) is 4.79 Å². The van der Waals surface area contributed by atoms with Crippen molar-refractivity contribution in [3.63, 3.8) is 0 Å². The summed E-state index contributed by atoms with van der Waals surface area (Å²) in [5, 5.41) is 0.